The third kappa shape index (κ3) is 57.8. The van der Waals surface area contributed by atoms with Crippen molar-refractivity contribution in [2.24, 2.45) is 32.5 Å². The van der Waals surface area contributed by atoms with E-state index in [2.05, 4.69) is 102 Å². The molecule has 0 aliphatic carbocycles. The first kappa shape index (κ1) is 131. The number of carbonyl (C=O) groups is 9. The lowest BCUT2D eigenvalue weighted by Gasteiger charge is -2.33. The van der Waals surface area contributed by atoms with Crippen molar-refractivity contribution >= 4 is 97.8 Å². The van der Waals surface area contributed by atoms with Crippen LogP contribution in [0.5, 0.6) is 0 Å². The van der Waals surface area contributed by atoms with E-state index in [1.807, 2.05) is 113 Å². The van der Waals surface area contributed by atoms with Gasteiger partial charge >= 0.3 is 53.7 Å². The Morgan fingerprint density at radius 2 is 0.763 bits per heavy atom. The number of aromatic nitrogens is 4. The van der Waals surface area contributed by atoms with Crippen molar-refractivity contribution in [1.29, 1.82) is 0 Å². The number of thiocarbonyl (C=S) groups is 1. The minimum absolute atomic E-state index is 0. The number of hydrogen-bond acceptors (Lipinski definition) is 20. The van der Waals surface area contributed by atoms with E-state index in [1.165, 1.54) is 208 Å². The molecule has 0 aliphatic heterocycles. The van der Waals surface area contributed by atoms with Gasteiger partial charge in [-0.25, -0.2) is 29.6 Å². The third-order valence-electron chi connectivity index (χ3n) is 24.0. The summed E-state index contributed by atoms with van der Waals surface area (Å²) in [5.74, 6) is -3.28. The molecular formula is C103H177Br2N5O19S2. The molecule has 0 spiro atoms. The third-order valence-corrected chi connectivity index (χ3v) is 26.2. The molecule has 2 N–H and O–H groups in total. The highest BCUT2D eigenvalue weighted by Gasteiger charge is 2.49. The maximum absolute atomic E-state index is 12.6. The van der Waals surface area contributed by atoms with Crippen LogP contribution in [-0.4, -0.2) is 149 Å². The van der Waals surface area contributed by atoms with Crippen LogP contribution in [0.25, 0.3) is 4.85 Å². The summed E-state index contributed by atoms with van der Waals surface area (Å²) in [4.78, 5) is 111. The van der Waals surface area contributed by atoms with Gasteiger partial charge in [0.2, 0.25) is 18.2 Å². The number of alkyl halides is 1. The minimum atomic E-state index is -1.08. The number of carbonyl (C=O) groups excluding carboxylic acids is 8. The Balaban J connectivity index is -0.000000802. The number of thioether (sulfide) groups is 1. The molecule has 754 valence electrons. The molecule has 3 aromatic rings. The summed E-state index contributed by atoms with van der Waals surface area (Å²) < 4.78 is 49.2. The first-order valence-electron chi connectivity index (χ1n) is 48.1. The van der Waals surface area contributed by atoms with Crippen LogP contribution in [0.4, 0.5) is 0 Å². The Kier molecular flexibility index (Phi) is 73.6. The molecule has 28 heteroatoms. The fraction of sp³-hybridized carbons (Fsp3) is 0.757. The van der Waals surface area contributed by atoms with Crippen molar-refractivity contribution in [1.82, 2.24) is 9.13 Å². The van der Waals surface area contributed by atoms with Crippen LogP contribution in [0.15, 0.2) is 79.9 Å². The Morgan fingerprint density at radius 1 is 0.458 bits per heavy atom. The topological polar surface area (TPSA) is 300 Å². The van der Waals surface area contributed by atoms with E-state index >= 15 is 0 Å². The lowest BCUT2D eigenvalue weighted by molar-refractivity contribution is -0.697. The zero-order chi connectivity index (χ0) is 98.0. The predicted octanol–water partition coefficient (Wildman–Crippen LogP) is 21.2. The zero-order valence-electron chi connectivity index (χ0n) is 85.1. The van der Waals surface area contributed by atoms with E-state index in [0.29, 0.717) is 68.1 Å². The average molecular weight is 2010 g/mol. The van der Waals surface area contributed by atoms with Crippen LogP contribution >= 0.6 is 39.9 Å². The summed E-state index contributed by atoms with van der Waals surface area (Å²) in [7, 11) is 6.81. The Bertz CT molecular complexity index is 3580. The van der Waals surface area contributed by atoms with Crippen LogP contribution in [0.1, 0.15) is 380 Å². The van der Waals surface area contributed by atoms with Gasteiger partial charge in [-0.1, -0.05) is 246 Å². The number of carboxylic acid groups (broad SMARTS) is 1. The van der Waals surface area contributed by atoms with Gasteiger partial charge in [0.05, 0.1) is 131 Å². The Hall–Kier alpha value is -6.54. The maximum atomic E-state index is 12.6. The van der Waals surface area contributed by atoms with E-state index in [4.69, 9.17) is 57.1 Å². The van der Waals surface area contributed by atoms with E-state index in [9.17, 15) is 43.2 Å². The highest BCUT2D eigenvalue weighted by atomic mass is 79.9. The first-order chi connectivity index (χ1) is 60.9. The van der Waals surface area contributed by atoms with Crippen LogP contribution < -0.4 is 26.1 Å². The van der Waals surface area contributed by atoms with Gasteiger partial charge in [-0.2, -0.15) is 0 Å². The number of rotatable bonds is 65. The molecule has 0 fully saturated rings. The molecule has 0 amide bonds. The number of unbranched alkanes of at least 4 members (excludes halogenated alkanes) is 26. The number of methoxy groups -OCH3 is 5. The summed E-state index contributed by atoms with van der Waals surface area (Å²) in [6, 6.07) is 9.29. The second-order valence-corrected chi connectivity index (χ2v) is 40.9. The number of hydrogen-bond donors (Lipinski definition) is 1. The van der Waals surface area contributed by atoms with Crippen molar-refractivity contribution in [3.8, 4) is 0 Å². The van der Waals surface area contributed by atoms with E-state index < -0.39 is 54.7 Å². The van der Waals surface area contributed by atoms with E-state index in [1.54, 1.807) is 20.8 Å². The largest absolute Gasteiger partial charge is 1.00 e. The van der Waals surface area contributed by atoms with E-state index in [-0.39, 0.29) is 83.5 Å². The van der Waals surface area contributed by atoms with Gasteiger partial charge < -0.3 is 70.3 Å². The quantitative estimate of drug-likeness (QED) is 0.00802. The number of halogens is 2. The van der Waals surface area contributed by atoms with Gasteiger partial charge in [0, 0.05) is 24.2 Å². The van der Waals surface area contributed by atoms with Crippen LogP contribution in [0.3, 0.4) is 0 Å². The van der Waals surface area contributed by atoms with Crippen molar-refractivity contribution in [2.45, 2.75) is 411 Å². The van der Waals surface area contributed by atoms with Gasteiger partial charge in [0.25, 0.3) is 0 Å². The van der Waals surface area contributed by atoms with Crippen LogP contribution in [-0.2, 0) is 107 Å². The van der Waals surface area contributed by atoms with Crippen LogP contribution in [0, 0.1) is 39.1 Å². The normalized spacial score (nSPS) is 13.4. The van der Waals surface area contributed by atoms with Gasteiger partial charge in [0.15, 0.2) is 0 Å². The molecule has 5 atom stereocenters. The maximum Gasteiger partial charge on any atom is 0.332 e. The highest BCUT2D eigenvalue weighted by molar-refractivity contribution is 9.09. The fourth-order valence-corrected chi connectivity index (χ4v) is 17.7. The van der Waals surface area contributed by atoms with Gasteiger partial charge in [-0.05, 0) is 184 Å². The monoisotopic (exact) mass is 2010 g/mol. The predicted molar refractivity (Wildman–Crippen MR) is 528 cm³/mol. The molecule has 0 saturated heterocycles. The molecule has 0 saturated carbocycles. The van der Waals surface area contributed by atoms with Crippen LogP contribution in [0.2, 0.25) is 0 Å². The first-order valence-corrected chi connectivity index (χ1v) is 50.4. The van der Waals surface area contributed by atoms with Gasteiger partial charge in [-0.3, -0.25) is 38.4 Å². The number of carboxylic acids is 1. The molecular weight excluding hydrogens is 1840 g/mol. The number of esters is 8. The average Bonchev–Trinajstić information content (AvgIpc) is 1.19. The van der Waals surface area contributed by atoms with Crippen molar-refractivity contribution in [3.05, 3.63) is 96.9 Å². The second-order valence-electron chi connectivity index (χ2n) is 38.0. The molecule has 5 unspecified atom stereocenters. The zero-order valence-corrected chi connectivity index (χ0v) is 89.9. The summed E-state index contributed by atoms with van der Waals surface area (Å²) >= 11 is 10.1. The minimum Gasteiger partial charge on any atom is -1.00 e. The smallest absolute Gasteiger partial charge is 0.332 e. The lowest BCUT2D eigenvalue weighted by atomic mass is 9.72. The van der Waals surface area contributed by atoms with Crippen molar-refractivity contribution in [2.75, 3.05) is 60.7 Å². The number of ether oxygens (including phenoxy) is 8. The molecule has 1 aromatic carbocycles. The van der Waals surface area contributed by atoms with Gasteiger partial charge in [0.1, 0.15) is 29.5 Å². The van der Waals surface area contributed by atoms with E-state index in [0.717, 1.165) is 75.6 Å². The number of nitrogens with zero attached hydrogens (tertiary/aromatic N) is 5. The Labute approximate surface area is 820 Å². The molecule has 0 aliphatic rings. The molecule has 0 radical (unpaired) electrons. The summed E-state index contributed by atoms with van der Waals surface area (Å²) in [6.45, 7) is 48.6. The molecule has 24 nitrogen and oxygen atoms in total. The molecule has 0 bridgehead atoms. The summed E-state index contributed by atoms with van der Waals surface area (Å²) in [5.41, 5.74) is -3.88. The van der Waals surface area contributed by atoms with Crippen molar-refractivity contribution in [3.63, 3.8) is 0 Å². The fourth-order valence-electron chi connectivity index (χ4n) is 15.4. The van der Waals surface area contributed by atoms with Gasteiger partial charge in [-0.15, -0.1) is 0 Å². The standard InChI is InChI=1S/2C29H53N2O4.C22H41BrO4.C18H21NO4S2.C5H8O2.BrH.H2O/c2*1-7-9-19-30-21-22-31(25-30)20-17-15-13-11-10-12-14-16-18-23-35-26(32)28(3,4)24-29(5,8-2)27(33)34-6;1-6-22(4,20(25)26-5)18-21(2,3)19(24)27-17-15-13-11-9-7-8-10-12-14-16-23;1-17(19-3,11-10-14(20)21)12-18(2,16(22)23-4)25-15(24)13-8-6-5-7-9-13;1-4(2)5(6)7-3;;/h2*21-22,25H,7-20,23-24H2,1-6H3;6-18H2,1-5H3;5-9H,10-12H2,1-2,4H3,(H,20,21);1H2,2-3H3;1H;1H2/q2*+1;;;;;/p-2. The summed E-state index contributed by atoms with van der Waals surface area (Å²) in [6.07, 6.45) is 54.3. The lowest BCUT2D eigenvalue weighted by Crippen LogP contribution is -3.00. The molecule has 131 heavy (non-hydrogen) atoms. The molecule has 3 rings (SSSR count). The number of aliphatic carboxylic acids is 1. The molecule has 2 heterocycles. The number of benzene rings is 1. The number of aryl methyl sites for hydroxylation is 4. The number of imidazole rings is 2. The van der Waals surface area contributed by atoms with Crippen molar-refractivity contribution < 1.29 is 118 Å². The SMILES string of the molecule is C=C(C)C(=O)OC.CCC(C)(CC(C)(C)C(=O)OCCCCCCCCCCCBr)C(=O)OC.CCCCn1cc[n+](CCCCCCCCCCCOC(=O)C(C)(C)CC(C)(CC)C(=O)OC)c1.CCCCn1cc[n+](CCCCCCCCCCCOC(=O)C(C)(C)CC(C)(CC)C(=O)OC)c1.[Br-].[C-]#[N+]C(C)(CCC(=O)O)CC(C)(SC(=S)c1ccccc1)C(=O)OC.[OH-]. The summed E-state index contributed by atoms with van der Waals surface area (Å²) in [5, 5.41) is 10.0. The highest BCUT2D eigenvalue weighted by Crippen LogP contribution is 2.43. The molecule has 2 aromatic heterocycles. The Morgan fingerprint density at radius 3 is 1.02 bits per heavy atom. The second kappa shape index (κ2) is 73.7.